The zero-order chi connectivity index (χ0) is 18.3. The van der Waals surface area contributed by atoms with Crippen molar-refractivity contribution in [1.29, 1.82) is 0 Å². The van der Waals surface area contributed by atoms with Crippen LogP contribution in [0.25, 0.3) is 6.08 Å². The molecule has 0 saturated heterocycles. The fourth-order valence-electron chi connectivity index (χ4n) is 2.25. The lowest BCUT2D eigenvalue weighted by Crippen LogP contribution is -2.00. The van der Waals surface area contributed by atoms with Gasteiger partial charge in [-0.05, 0) is 48.4 Å². The largest absolute Gasteiger partial charge is 0.497 e. The molecule has 0 aliphatic carbocycles. The van der Waals surface area contributed by atoms with Crippen LogP contribution in [0.15, 0.2) is 47.9 Å². The number of hydrogen-bond acceptors (Lipinski definition) is 5. The lowest BCUT2D eigenvalue weighted by Gasteiger charge is -2.09. The van der Waals surface area contributed by atoms with Crippen molar-refractivity contribution in [2.24, 2.45) is 0 Å². The maximum atomic E-state index is 12.3. The Morgan fingerprint density at radius 2 is 1.68 bits per heavy atom. The average molecular weight is 362 g/mol. The molecule has 0 saturated carbocycles. The van der Waals surface area contributed by atoms with E-state index in [0.717, 1.165) is 5.56 Å². The minimum Gasteiger partial charge on any atom is -0.497 e. The summed E-state index contributed by atoms with van der Waals surface area (Å²) in [5.74, 6) is 1.82. The molecule has 0 aromatic heterocycles. The Morgan fingerprint density at radius 3 is 2.28 bits per heavy atom. The summed E-state index contributed by atoms with van der Waals surface area (Å²) in [5, 5.41) is 1.21. The fraction of sp³-hybridized carbons (Fsp3) is 0.263. The Balaban J connectivity index is 2.13. The molecule has 0 aliphatic rings. The Hall–Kier alpha value is -2.47. The minimum atomic E-state index is -3.39. The van der Waals surface area contributed by atoms with Crippen LogP contribution in [0.3, 0.4) is 0 Å². The van der Waals surface area contributed by atoms with Gasteiger partial charge in [0.2, 0.25) is 0 Å². The van der Waals surface area contributed by atoms with Gasteiger partial charge in [0.25, 0.3) is 0 Å². The molecular weight excluding hydrogens is 340 g/mol. The van der Waals surface area contributed by atoms with Crippen LogP contribution in [0.5, 0.6) is 17.2 Å². The number of sulfone groups is 1. The van der Waals surface area contributed by atoms with Crippen molar-refractivity contribution in [3.05, 3.63) is 59.0 Å². The Morgan fingerprint density at radius 1 is 0.960 bits per heavy atom. The van der Waals surface area contributed by atoms with Crippen LogP contribution in [-0.4, -0.2) is 29.2 Å². The molecule has 2 rings (SSSR count). The summed E-state index contributed by atoms with van der Waals surface area (Å²) in [7, 11) is -0.269. The summed E-state index contributed by atoms with van der Waals surface area (Å²) in [6, 6.07) is 12.3. The van der Waals surface area contributed by atoms with Gasteiger partial charge in [-0.15, -0.1) is 0 Å². The second-order valence-corrected chi connectivity index (χ2v) is 7.19. The molecule has 0 amide bonds. The van der Waals surface area contributed by atoms with Crippen molar-refractivity contribution in [3.8, 4) is 17.2 Å². The molecule has 0 N–H and O–H groups in total. The molecule has 0 aliphatic heterocycles. The molecule has 2 aromatic rings. The minimum absolute atomic E-state index is 0.0678. The highest BCUT2D eigenvalue weighted by molar-refractivity contribution is 7.93. The van der Waals surface area contributed by atoms with Crippen LogP contribution in [-0.2, 0) is 15.6 Å². The predicted molar refractivity (Wildman–Crippen MR) is 98.8 cm³/mol. The first-order valence-electron chi connectivity index (χ1n) is 7.82. The molecule has 0 unspecified atom stereocenters. The molecule has 0 heterocycles. The van der Waals surface area contributed by atoms with Crippen molar-refractivity contribution >= 4 is 15.9 Å². The van der Waals surface area contributed by atoms with Gasteiger partial charge in [0.05, 0.1) is 26.6 Å². The van der Waals surface area contributed by atoms with Crippen LogP contribution in [0, 0.1) is 0 Å². The van der Waals surface area contributed by atoms with E-state index in [1.807, 2.05) is 6.92 Å². The standard InChI is InChI=1S/C19H22O5S/c1-4-24-18-10-7-15(13-19(18)23-3)11-12-25(20,21)14-16-5-8-17(22-2)9-6-16/h5-13H,4,14H2,1-3H3. The van der Waals surface area contributed by atoms with Gasteiger partial charge in [-0.2, -0.15) is 0 Å². The van der Waals surface area contributed by atoms with E-state index in [9.17, 15) is 8.42 Å². The van der Waals surface area contributed by atoms with Crippen LogP contribution in [0.2, 0.25) is 0 Å². The van der Waals surface area contributed by atoms with Gasteiger partial charge in [0.1, 0.15) is 5.75 Å². The van der Waals surface area contributed by atoms with Gasteiger partial charge in [0, 0.05) is 5.41 Å². The van der Waals surface area contributed by atoms with E-state index >= 15 is 0 Å². The van der Waals surface area contributed by atoms with Gasteiger partial charge in [0.15, 0.2) is 21.3 Å². The zero-order valence-corrected chi connectivity index (χ0v) is 15.4. The Bertz CT molecular complexity index is 823. The molecule has 25 heavy (non-hydrogen) atoms. The van der Waals surface area contributed by atoms with Crippen molar-refractivity contribution < 1.29 is 22.6 Å². The normalized spacial score (nSPS) is 11.5. The summed E-state index contributed by atoms with van der Waals surface area (Å²) >= 11 is 0. The maximum Gasteiger partial charge on any atom is 0.175 e. The predicted octanol–water partition coefficient (Wildman–Crippen LogP) is 3.69. The highest BCUT2D eigenvalue weighted by Crippen LogP contribution is 2.28. The summed E-state index contributed by atoms with van der Waals surface area (Å²) < 4.78 is 40.3. The zero-order valence-electron chi connectivity index (χ0n) is 14.6. The van der Waals surface area contributed by atoms with E-state index in [1.165, 1.54) is 5.41 Å². The van der Waals surface area contributed by atoms with Crippen LogP contribution in [0.4, 0.5) is 0 Å². The topological polar surface area (TPSA) is 61.8 Å². The van der Waals surface area contributed by atoms with Crippen LogP contribution >= 0.6 is 0 Å². The van der Waals surface area contributed by atoms with Gasteiger partial charge in [-0.1, -0.05) is 18.2 Å². The fourth-order valence-corrected chi connectivity index (χ4v) is 3.36. The first kappa shape index (κ1) is 18.9. The second kappa shape index (κ2) is 8.58. The SMILES string of the molecule is CCOc1ccc(C=CS(=O)(=O)Cc2ccc(OC)cc2)cc1OC. The van der Waals surface area contributed by atoms with E-state index in [-0.39, 0.29) is 5.75 Å². The molecule has 5 nitrogen and oxygen atoms in total. The molecule has 0 atom stereocenters. The number of methoxy groups -OCH3 is 2. The second-order valence-electron chi connectivity index (χ2n) is 5.30. The Labute approximate surface area is 148 Å². The number of hydrogen-bond donors (Lipinski definition) is 0. The number of rotatable bonds is 8. The van der Waals surface area contributed by atoms with Gasteiger partial charge in [-0.3, -0.25) is 0 Å². The molecule has 0 spiro atoms. The molecule has 0 fully saturated rings. The smallest absolute Gasteiger partial charge is 0.175 e. The molecular formula is C19H22O5S. The van der Waals surface area contributed by atoms with Crippen LogP contribution in [0.1, 0.15) is 18.1 Å². The molecule has 2 aromatic carbocycles. The number of benzene rings is 2. The highest BCUT2D eigenvalue weighted by atomic mass is 32.2. The number of ether oxygens (including phenoxy) is 3. The van der Waals surface area contributed by atoms with Crippen molar-refractivity contribution in [1.82, 2.24) is 0 Å². The van der Waals surface area contributed by atoms with E-state index < -0.39 is 9.84 Å². The summed E-state index contributed by atoms with van der Waals surface area (Å²) in [4.78, 5) is 0. The van der Waals surface area contributed by atoms with Crippen molar-refractivity contribution in [3.63, 3.8) is 0 Å². The summed E-state index contributed by atoms with van der Waals surface area (Å²) in [6.07, 6.45) is 1.55. The average Bonchev–Trinajstić information content (AvgIpc) is 2.61. The van der Waals surface area contributed by atoms with Gasteiger partial charge in [-0.25, -0.2) is 8.42 Å². The van der Waals surface area contributed by atoms with E-state index in [2.05, 4.69) is 0 Å². The van der Waals surface area contributed by atoms with E-state index in [4.69, 9.17) is 14.2 Å². The summed E-state index contributed by atoms with van der Waals surface area (Å²) in [6.45, 7) is 2.42. The first-order chi connectivity index (χ1) is 12.0. The quantitative estimate of drug-likeness (QED) is 0.717. The highest BCUT2D eigenvalue weighted by Gasteiger charge is 2.09. The van der Waals surface area contributed by atoms with Crippen molar-refractivity contribution in [2.75, 3.05) is 20.8 Å². The van der Waals surface area contributed by atoms with Crippen molar-refractivity contribution in [2.45, 2.75) is 12.7 Å². The molecule has 134 valence electrons. The van der Waals surface area contributed by atoms with Gasteiger partial charge >= 0.3 is 0 Å². The molecule has 6 heteroatoms. The lowest BCUT2D eigenvalue weighted by molar-refractivity contribution is 0.311. The maximum absolute atomic E-state index is 12.3. The van der Waals surface area contributed by atoms with Crippen LogP contribution < -0.4 is 14.2 Å². The third-order valence-electron chi connectivity index (χ3n) is 3.48. The molecule has 0 bridgehead atoms. The van der Waals surface area contributed by atoms with E-state index in [1.54, 1.807) is 62.8 Å². The Kier molecular flexibility index (Phi) is 6.47. The first-order valence-corrected chi connectivity index (χ1v) is 9.53. The summed E-state index contributed by atoms with van der Waals surface area (Å²) in [5.41, 5.74) is 1.42. The third kappa shape index (κ3) is 5.53. The molecule has 0 radical (unpaired) electrons. The third-order valence-corrected chi connectivity index (χ3v) is 4.77. The van der Waals surface area contributed by atoms with E-state index in [0.29, 0.717) is 29.4 Å². The lowest BCUT2D eigenvalue weighted by atomic mass is 10.2. The van der Waals surface area contributed by atoms with Gasteiger partial charge < -0.3 is 14.2 Å². The monoisotopic (exact) mass is 362 g/mol.